The summed E-state index contributed by atoms with van der Waals surface area (Å²) in [6, 6.07) is 23.4. The second-order valence-electron chi connectivity index (χ2n) is 8.09. The fraction of sp³-hybridized carbons (Fsp3) is 0.259. The van der Waals surface area contributed by atoms with Crippen LogP contribution in [-0.2, 0) is 9.53 Å². The zero-order valence-corrected chi connectivity index (χ0v) is 20.6. The molecule has 0 radical (unpaired) electrons. The van der Waals surface area contributed by atoms with Crippen LogP contribution in [0.3, 0.4) is 0 Å². The number of hydrogen-bond acceptors (Lipinski definition) is 8. The van der Waals surface area contributed by atoms with Gasteiger partial charge < -0.3 is 19.1 Å². The molecule has 182 valence electrons. The quantitative estimate of drug-likeness (QED) is 0.440. The number of benzene rings is 3. The van der Waals surface area contributed by atoms with Gasteiger partial charge in [0.1, 0.15) is 0 Å². The second-order valence-corrected chi connectivity index (χ2v) is 8.09. The molecule has 3 aromatic carbocycles. The summed E-state index contributed by atoms with van der Waals surface area (Å²) < 4.78 is 16.4. The lowest BCUT2D eigenvalue weighted by Crippen LogP contribution is -2.39. The minimum atomic E-state index is -0.493. The van der Waals surface area contributed by atoms with Gasteiger partial charge >= 0.3 is 5.97 Å². The van der Waals surface area contributed by atoms with Crippen molar-refractivity contribution in [2.24, 2.45) is 5.10 Å². The third kappa shape index (κ3) is 4.73. The van der Waals surface area contributed by atoms with Crippen molar-refractivity contribution >= 4 is 28.9 Å². The summed E-state index contributed by atoms with van der Waals surface area (Å²) >= 11 is 0. The Morgan fingerprint density at radius 2 is 1.60 bits per heavy atom. The first-order valence-electron chi connectivity index (χ1n) is 11.4. The van der Waals surface area contributed by atoms with Crippen LogP contribution in [0.15, 0.2) is 77.9 Å². The molecule has 8 nitrogen and oxygen atoms in total. The fourth-order valence-corrected chi connectivity index (χ4v) is 4.02. The van der Waals surface area contributed by atoms with E-state index in [2.05, 4.69) is 0 Å². The van der Waals surface area contributed by atoms with Crippen LogP contribution in [0.25, 0.3) is 0 Å². The van der Waals surface area contributed by atoms with Gasteiger partial charge in [0, 0.05) is 31.0 Å². The Morgan fingerprint density at radius 1 is 0.914 bits per heavy atom. The molecular formula is C27H30N4O4. The topological polar surface area (TPSA) is 66.8 Å². The van der Waals surface area contributed by atoms with Crippen LogP contribution >= 0.6 is 0 Å². The van der Waals surface area contributed by atoms with Crippen LogP contribution in [0.2, 0.25) is 0 Å². The van der Waals surface area contributed by atoms with Crippen LogP contribution in [0.5, 0.6) is 11.5 Å². The molecule has 8 heteroatoms. The van der Waals surface area contributed by atoms with Gasteiger partial charge in [0.05, 0.1) is 26.5 Å². The Kier molecular flexibility index (Phi) is 7.10. The fourth-order valence-electron chi connectivity index (χ4n) is 4.02. The standard InChI is InChI=1S/C27H30N4O4/c1-6-35-27(32)25-28-31(22-10-8-7-9-11-22)26(19-12-17-23(33-4)24(18-19)34-5)30(25)21-15-13-20(14-16-21)29(2)3/h7-18,26H,6H2,1-5H3. The highest BCUT2D eigenvalue weighted by Crippen LogP contribution is 2.41. The van der Waals surface area contributed by atoms with Gasteiger partial charge in [-0.25, -0.2) is 9.80 Å². The summed E-state index contributed by atoms with van der Waals surface area (Å²) in [5.41, 5.74) is 3.55. The van der Waals surface area contributed by atoms with Crippen molar-refractivity contribution < 1.29 is 19.0 Å². The average molecular weight is 475 g/mol. The second kappa shape index (κ2) is 10.4. The number of hydrogen-bond donors (Lipinski definition) is 0. The van der Waals surface area contributed by atoms with E-state index < -0.39 is 12.1 Å². The predicted molar refractivity (Wildman–Crippen MR) is 139 cm³/mol. The predicted octanol–water partition coefficient (Wildman–Crippen LogP) is 4.67. The Bertz CT molecular complexity index is 1200. The van der Waals surface area contributed by atoms with E-state index in [0.717, 1.165) is 22.6 Å². The van der Waals surface area contributed by atoms with Crippen molar-refractivity contribution in [3.05, 3.63) is 78.4 Å². The van der Waals surface area contributed by atoms with Gasteiger partial charge in [0.2, 0.25) is 5.84 Å². The molecular weight excluding hydrogens is 444 g/mol. The van der Waals surface area contributed by atoms with E-state index in [0.29, 0.717) is 11.5 Å². The molecule has 0 bridgehead atoms. The minimum Gasteiger partial charge on any atom is -0.493 e. The number of rotatable bonds is 8. The number of hydrazone groups is 1. The number of esters is 1. The molecule has 0 amide bonds. The van der Waals surface area contributed by atoms with E-state index in [1.165, 1.54) is 0 Å². The molecule has 0 aliphatic carbocycles. The molecule has 0 saturated carbocycles. The monoisotopic (exact) mass is 474 g/mol. The van der Waals surface area contributed by atoms with Crippen LogP contribution < -0.4 is 24.3 Å². The number of anilines is 3. The SMILES string of the molecule is CCOC(=O)C1=NN(c2ccccc2)C(c2ccc(OC)c(OC)c2)N1c1ccc(N(C)C)cc1. The Hall–Kier alpha value is -4.20. The number of para-hydroxylation sites is 1. The van der Waals surface area contributed by atoms with Gasteiger partial charge in [-0.15, -0.1) is 5.10 Å². The Morgan fingerprint density at radius 3 is 2.20 bits per heavy atom. The van der Waals surface area contributed by atoms with E-state index in [9.17, 15) is 4.79 Å². The first kappa shape index (κ1) is 23.9. The molecule has 0 fully saturated rings. The number of methoxy groups -OCH3 is 2. The molecule has 1 atom stereocenters. The molecule has 1 unspecified atom stereocenters. The maximum atomic E-state index is 13.1. The lowest BCUT2D eigenvalue weighted by molar-refractivity contribution is -0.135. The van der Waals surface area contributed by atoms with Crippen molar-refractivity contribution in [3.63, 3.8) is 0 Å². The average Bonchev–Trinajstić information content (AvgIpc) is 3.29. The molecule has 1 aliphatic heterocycles. The molecule has 0 saturated heterocycles. The summed E-state index contributed by atoms with van der Waals surface area (Å²) in [5.74, 6) is 0.917. The van der Waals surface area contributed by atoms with Crippen molar-refractivity contribution in [2.75, 3.05) is 49.7 Å². The summed E-state index contributed by atoms with van der Waals surface area (Å²) in [7, 11) is 7.17. The third-order valence-corrected chi connectivity index (χ3v) is 5.74. The van der Waals surface area contributed by atoms with Gasteiger partial charge in [-0.2, -0.15) is 0 Å². The van der Waals surface area contributed by atoms with Gasteiger partial charge in [-0.05, 0) is 55.5 Å². The molecule has 0 spiro atoms. The van der Waals surface area contributed by atoms with Crippen LogP contribution in [-0.4, -0.2) is 46.7 Å². The number of carbonyl (C=O) groups is 1. The number of ether oxygens (including phenoxy) is 3. The van der Waals surface area contributed by atoms with Gasteiger partial charge in [-0.3, -0.25) is 4.90 Å². The van der Waals surface area contributed by atoms with Gasteiger partial charge in [-0.1, -0.05) is 24.3 Å². The zero-order valence-electron chi connectivity index (χ0n) is 20.6. The largest absolute Gasteiger partial charge is 0.493 e. The highest BCUT2D eigenvalue weighted by atomic mass is 16.5. The Labute approximate surface area is 205 Å². The lowest BCUT2D eigenvalue weighted by atomic mass is 10.1. The van der Waals surface area contributed by atoms with Gasteiger partial charge in [0.25, 0.3) is 0 Å². The van der Waals surface area contributed by atoms with Gasteiger partial charge in [0.15, 0.2) is 17.7 Å². The molecule has 0 aromatic heterocycles. The third-order valence-electron chi connectivity index (χ3n) is 5.74. The number of carbonyl (C=O) groups excluding carboxylic acids is 1. The number of nitrogens with zero attached hydrogens (tertiary/aromatic N) is 4. The summed E-state index contributed by atoms with van der Waals surface area (Å²) in [6.07, 6.45) is -0.471. The van der Waals surface area contributed by atoms with E-state index in [1.54, 1.807) is 21.1 Å². The van der Waals surface area contributed by atoms with E-state index in [4.69, 9.17) is 19.3 Å². The molecule has 4 rings (SSSR count). The van der Waals surface area contributed by atoms with E-state index in [1.807, 2.05) is 102 Å². The summed E-state index contributed by atoms with van der Waals surface area (Å²) in [6.45, 7) is 2.03. The van der Waals surface area contributed by atoms with Crippen molar-refractivity contribution in [1.29, 1.82) is 0 Å². The first-order valence-corrected chi connectivity index (χ1v) is 11.4. The van der Waals surface area contributed by atoms with Crippen LogP contribution in [0, 0.1) is 0 Å². The Balaban J connectivity index is 1.90. The summed E-state index contributed by atoms with van der Waals surface area (Å²) in [4.78, 5) is 17.0. The number of amidine groups is 1. The maximum absolute atomic E-state index is 13.1. The van der Waals surface area contributed by atoms with Crippen molar-refractivity contribution in [3.8, 4) is 11.5 Å². The van der Waals surface area contributed by atoms with E-state index >= 15 is 0 Å². The first-order chi connectivity index (χ1) is 17.0. The highest BCUT2D eigenvalue weighted by molar-refractivity contribution is 6.42. The smallest absolute Gasteiger partial charge is 0.376 e. The van der Waals surface area contributed by atoms with E-state index in [-0.39, 0.29) is 12.4 Å². The van der Waals surface area contributed by atoms with Crippen LogP contribution in [0.1, 0.15) is 18.7 Å². The lowest BCUT2D eigenvalue weighted by Gasteiger charge is -2.32. The highest BCUT2D eigenvalue weighted by Gasteiger charge is 2.41. The molecule has 35 heavy (non-hydrogen) atoms. The zero-order chi connectivity index (χ0) is 24.9. The van der Waals surface area contributed by atoms with Crippen molar-refractivity contribution in [1.82, 2.24) is 0 Å². The molecule has 1 aliphatic rings. The minimum absolute atomic E-state index is 0.202. The molecule has 3 aromatic rings. The summed E-state index contributed by atoms with van der Waals surface area (Å²) in [5, 5.41) is 6.59. The molecule has 0 N–H and O–H groups in total. The maximum Gasteiger partial charge on any atom is 0.376 e. The van der Waals surface area contributed by atoms with Crippen LogP contribution in [0.4, 0.5) is 17.1 Å². The molecule has 1 heterocycles. The van der Waals surface area contributed by atoms with Crippen molar-refractivity contribution in [2.45, 2.75) is 13.1 Å². The normalized spacial score (nSPS) is 15.0.